The molecule has 0 unspecified atom stereocenters. The highest BCUT2D eigenvalue weighted by atomic mass is 16.2. The molecule has 0 saturated carbocycles. The standard InChI is InChI=1S/C24H25N7O/c1-3-5-10-22-27-31(15-6-4-2)24(32)30(22)17-18-11-13-19(14-12-18)20-8-7-9-21(16-20)23-25-28-29-26-23/h4-5,7-14,16H,2-3,6,15,17H2,1H3,(H,25,26,28,29)/b10-5+. The summed E-state index contributed by atoms with van der Waals surface area (Å²) in [6, 6.07) is 16.2. The normalized spacial score (nSPS) is 11.3. The largest absolute Gasteiger partial charge is 0.346 e. The molecule has 1 N–H and O–H groups in total. The number of nitrogens with zero attached hydrogens (tertiary/aromatic N) is 6. The first-order valence-corrected chi connectivity index (χ1v) is 10.6. The van der Waals surface area contributed by atoms with Gasteiger partial charge in [-0.05, 0) is 46.9 Å². The molecule has 2 heterocycles. The van der Waals surface area contributed by atoms with Gasteiger partial charge in [-0.2, -0.15) is 10.3 Å². The average molecular weight is 428 g/mol. The van der Waals surface area contributed by atoms with E-state index in [1.807, 2.05) is 48.6 Å². The monoisotopic (exact) mass is 427 g/mol. The van der Waals surface area contributed by atoms with Crippen molar-refractivity contribution in [3.63, 3.8) is 0 Å². The molecule has 0 fully saturated rings. The molecule has 0 aliphatic carbocycles. The Balaban J connectivity index is 1.59. The summed E-state index contributed by atoms with van der Waals surface area (Å²) >= 11 is 0. The number of aryl methyl sites for hydroxylation is 1. The molecule has 0 radical (unpaired) electrons. The number of nitrogens with one attached hydrogen (secondary N) is 1. The average Bonchev–Trinajstić information content (AvgIpc) is 3.46. The van der Waals surface area contributed by atoms with Gasteiger partial charge in [0.25, 0.3) is 0 Å². The third-order valence-corrected chi connectivity index (χ3v) is 5.09. The van der Waals surface area contributed by atoms with Crippen molar-refractivity contribution in [2.24, 2.45) is 0 Å². The van der Waals surface area contributed by atoms with Gasteiger partial charge in [0, 0.05) is 12.1 Å². The molecule has 0 spiro atoms. The number of tetrazole rings is 1. The van der Waals surface area contributed by atoms with Crippen LogP contribution in [0.1, 0.15) is 31.2 Å². The van der Waals surface area contributed by atoms with Gasteiger partial charge >= 0.3 is 5.69 Å². The van der Waals surface area contributed by atoms with E-state index in [4.69, 9.17) is 0 Å². The molecule has 0 atom stereocenters. The molecule has 0 amide bonds. The minimum Gasteiger partial charge on any atom is -0.271 e. The number of aromatic nitrogens is 7. The lowest BCUT2D eigenvalue weighted by Crippen LogP contribution is -2.25. The van der Waals surface area contributed by atoms with Crippen LogP contribution in [-0.2, 0) is 13.1 Å². The van der Waals surface area contributed by atoms with Crippen molar-refractivity contribution in [3.8, 4) is 22.5 Å². The molecular formula is C24H25N7O. The summed E-state index contributed by atoms with van der Waals surface area (Å²) in [7, 11) is 0. The Morgan fingerprint density at radius 2 is 1.91 bits per heavy atom. The topological polar surface area (TPSA) is 94.3 Å². The van der Waals surface area contributed by atoms with Crippen molar-refractivity contribution < 1.29 is 0 Å². The van der Waals surface area contributed by atoms with Gasteiger partial charge in [0.15, 0.2) is 5.82 Å². The van der Waals surface area contributed by atoms with Crippen LogP contribution in [0.5, 0.6) is 0 Å². The van der Waals surface area contributed by atoms with Crippen molar-refractivity contribution >= 4 is 6.08 Å². The first-order valence-electron chi connectivity index (χ1n) is 10.6. The first kappa shape index (κ1) is 21.2. The van der Waals surface area contributed by atoms with Crippen LogP contribution in [0, 0.1) is 0 Å². The maximum atomic E-state index is 12.9. The van der Waals surface area contributed by atoms with Crippen molar-refractivity contribution in [3.05, 3.63) is 89.1 Å². The number of rotatable bonds is 9. The van der Waals surface area contributed by atoms with Crippen molar-refractivity contribution in [2.45, 2.75) is 32.9 Å². The maximum Gasteiger partial charge on any atom is 0.346 e. The van der Waals surface area contributed by atoms with E-state index >= 15 is 0 Å². The number of aromatic amines is 1. The van der Waals surface area contributed by atoms with Gasteiger partial charge in [-0.3, -0.25) is 4.57 Å². The second-order valence-electron chi connectivity index (χ2n) is 7.35. The van der Waals surface area contributed by atoms with Gasteiger partial charge in [-0.1, -0.05) is 61.5 Å². The number of hydrogen-bond acceptors (Lipinski definition) is 5. The van der Waals surface area contributed by atoms with Gasteiger partial charge in [0.2, 0.25) is 5.82 Å². The minimum atomic E-state index is -0.112. The second kappa shape index (κ2) is 9.82. The number of allylic oxidation sites excluding steroid dienone is 2. The lowest BCUT2D eigenvalue weighted by atomic mass is 10.0. The zero-order valence-corrected chi connectivity index (χ0v) is 18.0. The Morgan fingerprint density at radius 1 is 1.09 bits per heavy atom. The Bertz CT molecular complexity index is 1260. The van der Waals surface area contributed by atoms with Gasteiger partial charge in [0.1, 0.15) is 0 Å². The molecule has 4 aromatic rings. The van der Waals surface area contributed by atoms with Crippen LogP contribution in [0.2, 0.25) is 0 Å². The molecule has 8 heteroatoms. The third-order valence-electron chi connectivity index (χ3n) is 5.09. The summed E-state index contributed by atoms with van der Waals surface area (Å²) in [4.78, 5) is 12.9. The lowest BCUT2D eigenvalue weighted by Gasteiger charge is -2.07. The van der Waals surface area contributed by atoms with Gasteiger partial charge < -0.3 is 0 Å². The summed E-state index contributed by atoms with van der Waals surface area (Å²) in [5, 5.41) is 18.7. The molecule has 4 rings (SSSR count). The summed E-state index contributed by atoms with van der Waals surface area (Å²) in [5.74, 6) is 1.22. The quantitative estimate of drug-likeness (QED) is 0.408. The van der Waals surface area contributed by atoms with E-state index in [1.165, 1.54) is 4.68 Å². The van der Waals surface area contributed by atoms with Crippen LogP contribution in [0.25, 0.3) is 28.6 Å². The van der Waals surface area contributed by atoms with E-state index in [2.05, 4.69) is 51.4 Å². The molecule has 0 bridgehead atoms. The van der Waals surface area contributed by atoms with Crippen LogP contribution in [-0.4, -0.2) is 35.0 Å². The Morgan fingerprint density at radius 3 is 2.62 bits per heavy atom. The smallest absolute Gasteiger partial charge is 0.271 e. The fourth-order valence-electron chi connectivity index (χ4n) is 3.42. The van der Waals surface area contributed by atoms with E-state index in [0.29, 0.717) is 31.2 Å². The Kier molecular flexibility index (Phi) is 6.50. The van der Waals surface area contributed by atoms with Crippen LogP contribution in [0.15, 0.2) is 72.1 Å². The lowest BCUT2D eigenvalue weighted by molar-refractivity contribution is 0.587. The van der Waals surface area contributed by atoms with Gasteiger partial charge in [-0.25, -0.2) is 9.48 Å². The highest BCUT2D eigenvalue weighted by Crippen LogP contribution is 2.24. The maximum absolute atomic E-state index is 12.9. The number of H-pyrrole nitrogens is 1. The van der Waals surface area contributed by atoms with E-state index in [0.717, 1.165) is 28.7 Å². The molecule has 0 saturated heterocycles. The highest BCUT2D eigenvalue weighted by molar-refractivity contribution is 5.70. The molecule has 8 nitrogen and oxygen atoms in total. The molecular weight excluding hydrogens is 402 g/mol. The van der Waals surface area contributed by atoms with Crippen molar-refractivity contribution in [2.75, 3.05) is 0 Å². The summed E-state index contributed by atoms with van der Waals surface area (Å²) in [6.45, 7) is 6.77. The zero-order valence-electron chi connectivity index (χ0n) is 18.0. The predicted octanol–water partition coefficient (Wildman–Crippen LogP) is 3.94. The van der Waals surface area contributed by atoms with Crippen molar-refractivity contribution in [1.82, 2.24) is 35.0 Å². The first-order chi connectivity index (χ1) is 15.7. The second-order valence-corrected chi connectivity index (χ2v) is 7.35. The zero-order chi connectivity index (χ0) is 22.3. The van der Waals surface area contributed by atoms with Crippen LogP contribution in [0.4, 0.5) is 0 Å². The molecule has 0 aliphatic heterocycles. The molecule has 2 aromatic carbocycles. The fraction of sp³-hybridized carbons (Fsp3) is 0.208. The predicted molar refractivity (Wildman–Crippen MR) is 125 cm³/mol. The van der Waals surface area contributed by atoms with Crippen LogP contribution < -0.4 is 5.69 Å². The van der Waals surface area contributed by atoms with E-state index in [1.54, 1.807) is 10.6 Å². The van der Waals surface area contributed by atoms with Crippen molar-refractivity contribution in [1.29, 1.82) is 0 Å². The SMILES string of the molecule is C=CCCn1nc(/C=C/CC)n(Cc2ccc(-c3cccc(-c4nn[nH]n4)c3)cc2)c1=O. The van der Waals surface area contributed by atoms with E-state index < -0.39 is 0 Å². The van der Waals surface area contributed by atoms with E-state index in [9.17, 15) is 4.79 Å². The van der Waals surface area contributed by atoms with Gasteiger partial charge in [-0.15, -0.1) is 16.8 Å². The Hall–Kier alpha value is -4.07. The molecule has 32 heavy (non-hydrogen) atoms. The fourth-order valence-corrected chi connectivity index (χ4v) is 3.42. The summed E-state index contributed by atoms with van der Waals surface area (Å²) in [6.07, 6.45) is 7.29. The summed E-state index contributed by atoms with van der Waals surface area (Å²) < 4.78 is 3.22. The van der Waals surface area contributed by atoms with Gasteiger partial charge in [0.05, 0.1) is 6.54 Å². The molecule has 162 valence electrons. The van der Waals surface area contributed by atoms with E-state index in [-0.39, 0.29) is 5.69 Å². The number of benzene rings is 2. The minimum absolute atomic E-state index is 0.112. The summed E-state index contributed by atoms with van der Waals surface area (Å²) in [5.41, 5.74) is 3.93. The third kappa shape index (κ3) is 4.64. The molecule has 2 aromatic heterocycles. The van der Waals surface area contributed by atoms with Crippen LogP contribution in [0.3, 0.4) is 0 Å². The molecule has 0 aliphatic rings. The Labute approximate surface area is 185 Å². The highest BCUT2D eigenvalue weighted by Gasteiger charge is 2.12. The van der Waals surface area contributed by atoms with Crippen LogP contribution >= 0.6 is 0 Å². The number of hydrogen-bond donors (Lipinski definition) is 1.